The van der Waals surface area contributed by atoms with Gasteiger partial charge < -0.3 is 20.1 Å². The summed E-state index contributed by atoms with van der Waals surface area (Å²) in [6, 6.07) is 0.561. The van der Waals surface area contributed by atoms with Crippen molar-refractivity contribution in [3.05, 3.63) is 5.28 Å². The van der Waals surface area contributed by atoms with E-state index in [1.807, 2.05) is 4.90 Å². The summed E-state index contributed by atoms with van der Waals surface area (Å²) >= 11 is 5.84. The molecule has 1 atom stereocenters. The average Bonchev–Trinajstić information content (AvgIpc) is 2.90. The van der Waals surface area contributed by atoms with Gasteiger partial charge in [0.2, 0.25) is 11.2 Å². The summed E-state index contributed by atoms with van der Waals surface area (Å²) < 4.78 is 4.98. The van der Waals surface area contributed by atoms with Crippen LogP contribution in [0.1, 0.15) is 12.8 Å². The van der Waals surface area contributed by atoms with Crippen molar-refractivity contribution in [2.24, 2.45) is 0 Å². The molecule has 1 aromatic rings. The quantitative estimate of drug-likeness (QED) is 0.767. The van der Waals surface area contributed by atoms with E-state index in [-0.39, 0.29) is 17.9 Å². The van der Waals surface area contributed by atoms with Crippen LogP contribution in [0.4, 0.5) is 5.95 Å². The molecule has 1 aromatic heterocycles. The Hall–Kier alpha value is -1.18. The third-order valence-electron chi connectivity index (χ3n) is 3.01. The number of methoxy groups -OCH3 is 1. The van der Waals surface area contributed by atoms with Crippen molar-refractivity contribution in [1.82, 2.24) is 20.3 Å². The summed E-state index contributed by atoms with van der Waals surface area (Å²) in [5.41, 5.74) is 0. The number of anilines is 1. The highest BCUT2D eigenvalue weighted by Crippen LogP contribution is 2.16. The molecule has 7 nitrogen and oxygen atoms in total. The highest BCUT2D eigenvalue weighted by atomic mass is 35.5. The molecule has 19 heavy (non-hydrogen) atoms. The number of nitrogens with one attached hydrogen (secondary N) is 1. The van der Waals surface area contributed by atoms with Crippen molar-refractivity contribution in [2.75, 3.05) is 38.3 Å². The van der Waals surface area contributed by atoms with Gasteiger partial charge in [0.15, 0.2) is 0 Å². The van der Waals surface area contributed by atoms with Gasteiger partial charge in [0.25, 0.3) is 0 Å². The summed E-state index contributed by atoms with van der Waals surface area (Å²) in [6.07, 6.45) is 2.27. The van der Waals surface area contributed by atoms with Crippen LogP contribution in [-0.4, -0.2) is 59.5 Å². The van der Waals surface area contributed by atoms with Gasteiger partial charge in [-0.15, -0.1) is 0 Å². The van der Waals surface area contributed by atoms with Crippen LogP contribution in [0.2, 0.25) is 5.28 Å². The number of aliphatic hydroxyl groups is 1. The Bertz CT molecular complexity index is 414. The maximum atomic E-state index is 9.17. The smallest absolute Gasteiger partial charge is 0.322 e. The lowest BCUT2D eigenvalue weighted by atomic mass is 10.2. The molecule has 0 aliphatic carbocycles. The number of nitrogens with zero attached hydrogens (tertiary/aromatic N) is 4. The number of aromatic nitrogens is 3. The molecule has 0 spiro atoms. The Morgan fingerprint density at radius 1 is 1.47 bits per heavy atom. The summed E-state index contributed by atoms with van der Waals surface area (Å²) in [6.45, 7) is 2.23. The van der Waals surface area contributed by atoms with Crippen LogP contribution < -0.4 is 15.0 Å². The SMILES string of the molecule is COc1nc(Cl)nc(N(CCO)CC2CCCN2)n1. The lowest BCUT2D eigenvalue weighted by molar-refractivity contribution is 0.299. The van der Waals surface area contributed by atoms with Crippen molar-refractivity contribution in [3.8, 4) is 6.01 Å². The predicted octanol–water partition coefficient (Wildman–Crippen LogP) is 0.0843. The Morgan fingerprint density at radius 3 is 2.95 bits per heavy atom. The van der Waals surface area contributed by atoms with E-state index in [1.54, 1.807) is 0 Å². The first-order valence-electron chi connectivity index (χ1n) is 6.27. The average molecular weight is 288 g/mol. The lowest BCUT2D eigenvalue weighted by Gasteiger charge is -2.25. The predicted molar refractivity (Wildman–Crippen MR) is 71.7 cm³/mol. The van der Waals surface area contributed by atoms with E-state index in [2.05, 4.69) is 20.3 Å². The summed E-state index contributed by atoms with van der Waals surface area (Å²) in [5.74, 6) is 0.430. The van der Waals surface area contributed by atoms with Crippen molar-refractivity contribution in [2.45, 2.75) is 18.9 Å². The molecular formula is C11H18ClN5O2. The fourth-order valence-electron chi connectivity index (χ4n) is 2.13. The van der Waals surface area contributed by atoms with E-state index in [9.17, 15) is 5.11 Å². The Kier molecular flexibility index (Phi) is 5.12. The maximum Gasteiger partial charge on any atom is 0.322 e. The first kappa shape index (κ1) is 14.2. The Morgan fingerprint density at radius 2 is 2.32 bits per heavy atom. The molecule has 0 amide bonds. The minimum atomic E-state index is 0.0261. The van der Waals surface area contributed by atoms with Gasteiger partial charge in [-0.1, -0.05) is 0 Å². The number of hydrogen-bond donors (Lipinski definition) is 2. The fraction of sp³-hybridized carbons (Fsp3) is 0.727. The third-order valence-corrected chi connectivity index (χ3v) is 3.18. The van der Waals surface area contributed by atoms with Crippen LogP contribution in [-0.2, 0) is 0 Å². The summed E-state index contributed by atoms with van der Waals surface area (Å²) in [4.78, 5) is 14.0. The van der Waals surface area contributed by atoms with Crippen molar-refractivity contribution in [1.29, 1.82) is 0 Å². The van der Waals surface area contributed by atoms with Gasteiger partial charge in [-0.05, 0) is 31.0 Å². The Labute approximate surface area is 117 Å². The second-order valence-electron chi connectivity index (χ2n) is 4.35. The molecule has 1 saturated heterocycles. The van der Waals surface area contributed by atoms with E-state index < -0.39 is 0 Å². The van der Waals surface area contributed by atoms with Crippen LogP contribution in [0.25, 0.3) is 0 Å². The molecule has 1 aliphatic heterocycles. The molecule has 106 valence electrons. The molecule has 2 heterocycles. The largest absolute Gasteiger partial charge is 0.467 e. The van der Waals surface area contributed by atoms with Gasteiger partial charge >= 0.3 is 6.01 Å². The zero-order valence-electron chi connectivity index (χ0n) is 10.8. The van der Waals surface area contributed by atoms with Gasteiger partial charge in [-0.25, -0.2) is 0 Å². The molecule has 0 radical (unpaired) electrons. The first-order chi connectivity index (χ1) is 9.22. The van der Waals surface area contributed by atoms with E-state index in [0.29, 0.717) is 18.5 Å². The van der Waals surface area contributed by atoms with Crippen molar-refractivity contribution in [3.63, 3.8) is 0 Å². The van der Waals surface area contributed by atoms with Crippen LogP contribution in [0.15, 0.2) is 0 Å². The molecule has 8 heteroatoms. The van der Waals surface area contributed by atoms with Crippen LogP contribution in [0, 0.1) is 0 Å². The van der Waals surface area contributed by atoms with Gasteiger partial charge in [0, 0.05) is 19.1 Å². The topological polar surface area (TPSA) is 83.4 Å². The van der Waals surface area contributed by atoms with Gasteiger partial charge in [-0.3, -0.25) is 0 Å². The zero-order valence-corrected chi connectivity index (χ0v) is 11.6. The van der Waals surface area contributed by atoms with Gasteiger partial charge in [-0.2, -0.15) is 15.0 Å². The van der Waals surface area contributed by atoms with E-state index >= 15 is 0 Å². The molecule has 2 rings (SSSR count). The van der Waals surface area contributed by atoms with Crippen LogP contribution in [0.3, 0.4) is 0 Å². The second-order valence-corrected chi connectivity index (χ2v) is 4.69. The molecule has 0 aromatic carbocycles. The molecule has 0 saturated carbocycles. The molecule has 2 N–H and O–H groups in total. The normalized spacial score (nSPS) is 18.6. The monoisotopic (exact) mass is 287 g/mol. The van der Waals surface area contributed by atoms with Gasteiger partial charge in [0.05, 0.1) is 13.7 Å². The van der Waals surface area contributed by atoms with E-state index in [4.69, 9.17) is 16.3 Å². The number of aliphatic hydroxyl groups excluding tert-OH is 1. The molecule has 0 bridgehead atoms. The van der Waals surface area contributed by atoms with Crippen LogP contribution in [0.5, 0.6) is 6.01 Å². The molecular weight excluding hydrogens is 270 g/mol. The number of rotatable bonds is 6. The zero-order chi connectivity index (χ0) is 13.7. The minimum absolute atomic E-state index is 0.0261. The highest BCUT2D eigenvalue weighted by Gasteiger charge is 2.20. The van der Waals surface area contributed by atoms with Crippen molar-refractivity contribution < 1.29 is 9.84 Å². The Balaban J connectivity index is 2.14. The van der Waals surface area contributed by atoms with E-state index in [1.165, 1.54) is 13.5 Å². The molecule has 1 fully saturated rings. The summed E-state index contributed by atoms with van der Waals surface area (Å²) in [7, 11) is 1.48. The number of ether oxygens (including phenoxy) is 1. The van der Waals surface area contributed by atoms with Crippen LogP contribution >= 0.6 is 11.6 Å². The molecule has 1 aliphatic rings. The maximum absolute atomic E-state index is 9.17. The highest BCUT2D eigenvalue weighted by molar-refractivity contribution is 6.28. The first-order valence-corrected chi connectivity index (χ1v) is 6.65. The van der Waals surface area contributed by atoms with Gasteiger partial charge in [0.1, 0.15) is 0 Å². The summed E-state index contributed by atoms with van der Waals surface area (Å²) in [5, 5.41) is 12.7. The second kappa shape index (κ2) is 6.83. The fourth-order valence-corrected chi connectivity index (χ4v) is 2.27. The van der Waals surface area contributed by atoms with Crippen molar-refractivity contribution >= 4 is 17.5 Å². The number of hydrogen-bond acceptors (Lipinski definition) is 7. The standard InChI is InChI=1S/C11H18ClN5O2/c1-19-11-15-9(12)14-10(16-11)17(5-6-18)7-8-3-2-4-13-8/h8,13,18H,2-7H2,1H3. The number of halogens is 1. The lowest BCUT2D eigenvalue weighted by Crippen LogP contribution is -2.40. The third kappa shape index (κ3) is 3.89. The minimum Gasteiger partial charge on any atom is -0.467 e. The van der Waals surface area contributed by atoms with E-state index in [0.717, 1.165) is 19.5 Å². The molecule has 1 unspecified atom stereocenters.